The number of hydrogen-bond donors (Lipinski definition) is 2. The Morgan fingerprint density at radius 2 is 1.74 bits per heavy atom. The molecule has 2 rings (SSSR count). The van der Waals surface area contributed by atoms with E-state index in [-0.39, 0.29) is 11.8 Å². The molecule has 6 heteroatoms. The van der Waals surface area contributed by atoms with E-state index >= 15 is 0 Å². The molecule has 0 aromatic heterocycles. The lowest BCUT2D eigenvalue weighted by Gasteiger charge is -2.17. The summed E-state index contributed by atoms with van der Waals surface area (Å²) < 4.78 is 10.7. The highest BCUT2D eigenvalue weighted by Crippen LogP contribution is 2.15. The van der Waals surface area contributed by atoms with Crippen LogP contribution in [0.25, 0.3) is 0 Å². The molecule has 27 heavy (non-hydrogen) atoms. The first-order valence-electron chi connectivity index (χ1n) is 9.03. The van der Waals surface area contributed by atoms with E-state index in [1.165, 1.54) is 0 Å². The number of anilines is 1. The van der Waals surface area contributed by atoms with Gasteiger partial charge >= 0.3 is 0 Å². The van der Waals surface area contributed by atoms with Crippen molar-refractivity contribution in [3.05, 3.63) is 60.2 Å². The molecule has 0 aliphatic carbocycles. The molecule has 0 radical (unpaired) electrons. The zero-order valence-corrected chi connectivity index (χ0v) is 15.7. The fourth-order valence-electron chi connectivity index (χ4n) is 2.43. The minimum Gasteiger partial charge on any atom is -0.481 e. The van der Waals surface area contributed by atoms with Gasteiger partial charge < -0.3 is 20.1 Å². The average molecular weight is 370 g/mol. The van der Waals surface area contributed by atoms with Crippen molar-refractivity contribution < 1.29 is 19.1 Å². The van der Waals surface area contributed by atoms with E-state index in [9.17, 15) is 9.59 Å². The minimum atomic E-state index is -0.587. The molecule has 6 nitrogen and oxygen atoms in total. The third-order valence-corrected chi connectivity index (χ3v) is 3.91. The van der Waals surface area contributed by atoms with Crippen molar-refractivity contribution in [2.75, 3.05) is 25.6 Å². The van der Waals surface area contributed by atoms with Crippen LogP contribution in [0.3, 0.4) is 0 Å². The number of hydrogen-bond acceptors (Lipinski definition) is 4. The molecule has 2 aromatic rings. The van der Waals surface area contributed by atoms with Gasteiger partial charge in [-0.3, -0.25) is 9.59 Å². The predicted molar refractivity (Wildman–Crippen MR) is 105 cm³/mol. The summed E-state index contributed by atoms with van der Waals surface area (Å²) in [4.78, 5) is 24.5. The van der Waals surface area contributed by atoms with Crippen LogP contribution in [-0.2, 0) is 9.53 Å². The number of benzene rings is 2. The SMILES string of the molecule is CCC(Oc1ccccc1)C(=O)Nc1ccc(C(=O)NCCCOC)cc1. The zero-order chi connectivity index (χ0) is 19.5. The quantitative estimate of drug-likeness (QED) is 0.630. The van der Waals surface area contributed by atoms with Gasteiger partial charge in [-0.15, -0.1) is 0 Å². The Hall–Kier alpha value is -2.86. The lowest BCUT2D eigenvalue weighted by atomic mass is 10.2. The summed E-state index contributed by atoms with van der Waals surface area (Å²) >= 11 is 0. The Bertz CT molecular complexity index is 717. The van der Waals surface area contributed by atoms with E-state index in [1.54, 1.807) is 31.4 Å². The van der Waals surface area contributed by atoms with Crippen molar-refractivity contribution in [3.8, 4) is 5.75 Å². The summed E-state index contributed by atoms with van der Waals surface area (Å²) in [5.41, 5.74) is 1.16. The van der Waals surface area contributed by atoms with Gasteiger partial charge in [0.25, 0.3) is 11.8 Å². The molecule has 2 aromatic carbocycles. The fraction of sp³-hybridized carbons (Fsp3) is 0.333. The minimum absolute atomic E-state index is 0.150. The van der Waals surface area contributed by atoms with Gasteiger partial charge in [0.05, 0.1) is 0 Å². The third-order valence-electron chi connectivity index (χ3n) is 3.91. The van der Waals surface area contributed by atoms with Gasteiger partial charge in [0.15, 0.2) is 6.10 Å². The third kappa shape index (κ3) is 6.75. The second-order valence-electron chi connectivity index (χ2n) is 6.00. The van der Waals surface area contributed by atoms with E-state index in [0.29, 0.717) is 36.6 Å². The van der Waals surface area contributed by atoms with Gasteiger partial charge in [0, 0.05) is 31.5 Å². The van der Waals surface area contributed by atoms with Crippen molar-refractivity contribution in [2.45, 2.75) is 25.9 Å². The average Bonchev–Trinajstić information content (AvgIpc) is 2.70. The Morgan fingerprint density at radius 1 is 1.04 bits per heavy atom. The maximum Gasteiger partial charge on any atom is 0.265 e. The largest absolute Gasteiger partial charge is 0.481 e. The zero-order valence-electron chi connectivity index (χ0n) is 15.7. The Balaban J connectivity index is 1.88. The molecule has 0 bridgehead atoms. The number of carbonyl (C=O) groups excluding carboxylic acids is 2. The lowest BCUT2D eigenvalue weighted by molar-refractivity contribution is -0.122. The molecule has 0 aliphatic rings. The summed E-state index contributed by atoms with van der Waals surface area (Å²) in [6.07, 6.45) is 0.718. The van der Waals surface area contributed by atoms with E-state index in [2.05, 4.69) is 10.6 Å². The number of amides is 2. The van der Waals surface area contributed by atoms with Gasteiger partial charge in [-0.1, -0.05) is 25.1 Å². The molecule has 1 atom stereocenters. The predicted octanol–water partition coefficient (Wildman–Crippen LogP) is 3.25. The maximum absolute atomic E-state index is 12.4. The first kappa shape index (κ1) is 20.5. The Morgan fingerprint density at radius 3 is 2.37 bits per heavy atom. The molecule has 0 heterocycles. The standard InChI is InChI=1S/C21H26N2O4/c1-3-19(27-18-8-5-4-6-9-18)21(25)23-17-12-10-16(11-13-17)20(24)22-14-7-15-26-2/h4-6,8-13,19H,3,7,14-15H2,1-2H3,(H,22,24)(H,23,25). The van der Waals surface area contributed by atoms with Gasteiger partial charge in [-0.25, -0.2) is 0 Å². The molecule has 0 fully saturated rings. The van der Waals surface area contributed by atoms with Crippen LogP contribution in [0.2, 0.25) is 0 Å². The summed E-state index contributed by atoms with van der Waals surface area (Å²) in [5.74, 6) is 0.279. The van der Waals surface area contributed by atoms with Crippen LogP contribution in [-0.4, -0.2) is 38.2 Å². The second kappa shape index (κ2) is 11.0. The van der Waals surface area contributed by atoms with E-state index in [1.807, 2.05) is 37.3 Å². The topological polar surface area (TPSA) is 76.7 Å². The van der Waals surface area contributed by atoms with Crippen molar-refractivity contribution >= 4 is 17.5 Å². The van der Waals surface area contributed by atoms with Crippen molar-refractivity contribution in [3.63, 3.8) is 0 Å². The second-order valence-corrected chi connectivity index (χ2v) is 6.00. The van der Waals surface area contributed by atoms with Crippen LogP contribution in [0.5, 0.6) is 5.75 Å². The number of ether oxygens (including phenoxy) is 2. The van der Waals surface area contributed by atoms with Gasteiger partial charge in [-0.2, -0.15) is 0 Å². The van der Waals surface area contributed by atoms with Crippen molar-refractivity contribution in [1.29, 1.82) is 0 Å². The van der Waals surface area contributed by atoms with E-state index in [4.69, 9.17) is 9.47 Å². The first-order valence-corrected chi connectivity index (χ1v) is 9.03. The van der Waals surface area contributed by atoms with Crippen molar-refractivity contribution in [2.24, 2.45) is 0 Å². The number of methoxy groups -OCH3 is 1. The van der Waals surface area contributed by atoms with E-state index in [0.717, 1.165) is 6.42 Å². The molecule has 144 valence electrons. The highest BCUT2D eigenvalue weighted by atomic mass is 16.5. The normalized spacial score (nSPS) is 11.5. The number of para-hydroxylation sites is 1. The summed E-state index contributed by atoms with van der Waals surface area (Å²) in [5, 5.41) is 5.65. The van der Waals surface area contributed by atoms with Gasteiger partial charge in [0.2, 0.25) is 0 Å². The monoisotopic (exact) mass is 370 g/mol. The summed E-state index contributed by atoms with van der Waals surface area (Å²) in [6.45, 7) is 3.05. The van der Waals surface area contributed by atoms with Gasteiger partial charge in [-0.05, 0) is 49.2 Å². The Kier molecular flexibility index (Phi) is 8.32. The summed E-state index contributed by atoms with van der Waals surface area (Å²) in [7, 11) is 1.63. The lowest BCUT2D eigenvalue weighted by Crippen LogP contribution is -2.32. The molecular formula is C21H26N2O4. The molecule has 0 spiro atoms. The van der Waals surface area contributed by atoms with Crippen LogP contribution in [0.1, 0.15) is 30.1 Å². The molecule has 0 saturated carbocycles. The Labute approximate surface area is 159 Å². The summed E-state index contributed by atoms with van der Waals surface area (Å²) in [6, 6.07) is 16.0. The van der Waals surface area contributed by atoms with Crippen molar-refractivity contribution in [1.82, 2.24) is 5.32 Å². The van der Waals surface area contributed by atoms with Crippen LogP contribution < -0.4 is 15.4 Å². The number of nitrogens with one attached hydrogen (secondary N) is 2. The van der Waals surface area contributed by atoms with Crippen LogP contribution in [0.15, 0.2) is 54.6 Å². The van der Waals surface area contributed by atoms with Crippen LogP contribution >= 0.6 is 0 Å². The molecule has 2 N–H and O–H groups in total. The highest BCUT2D eigenvalue weighted by molar-refractivity contribution is 5.96. The number of rotatable bonds is 10. The highest BCUT2D eigenvalue weighted by Gasteiger charge is 2.18. The molecule has 0 saturated heterocycles. The molecule has 0 aliphatic heterocycles. The van der Waals surface area contributed by atoms with E-state index < -0.39 is 6.10 Å². The molecule has 2 amide bonds. The smallest absolute Gasteiger partial charge is 0.265 e. The fourth-order valence-corrected chi connectivity index (χ4v) is 2.43. The first-order chi connectivity index (χ1) is 13.1. The van der Waals surface area contributed by atoms with Crippen LogP contribution in [0, 0.1) is 0 Å². The molecule has 1 unspecified atom stereocenters. The van der Waals surface area contributed by atoms with Crippen LogP contribution in [0.4, 0.5) is 5.69 Å². The van der Waals surface area contributed by atoms with Gasteiger partial charge in [0.1, 0.15) is 5.75 Å². The maximum atomic E-state index is 12.4. The molecular weight excluding hydrogens is 344 g/mol. The number of carbonyl (C=O) groups is 2.